The Morgan fingerprint density at radius 1 is 1.15 bits per heavy atom. The number of halogens is 1. The van der Waals surface area contributed by atoms with Crippen LogP contribution in [0.2, 0.25) is 0 Å². The van der Waals surface area contributed by atoms with Crippen molar-refractivity contribution < 1.29 is 4.39 Å². The molecule has 0 spiro atoms. The second-order valence-electron chi connectivity index (χ2n) is 9.10. The molecule has 6 rings (SSSR count). The first-order valence-electron chi connectivity index (χ1n) is 11.2. The van der Waals surface area contributed by atoms with Gasteiger partial charge in [0.25, 0.3) is 0 Å². The second-order valence-corrected chi connectivity index (χ2v) is 9.10. The van der Waals surface area contributed by atoms with Gasteiger partial charge in [-0.2, -0.15) is 9.61 Å². The summed E-state index contributed by atoms with van der Waals surface area (Å²) in [5.41, 5.74) is 12.3. The van der Waals surface area contributed by atoms with Crippen LogP contribution in [0, 0.1) is 5.82 Å². The van der Waals surface area contributed by atoms with Crippen LogP contribution in [0.15, 0.2) is 48.9 Å². The van der Waals surface area contributed by atoms with Crippen LogP contribution in [0.3, 0.4) is 0 Å². The number of hydrogen-bond donors (Lipinski definition) is 2. The number of H-pyrrole nitrogens is 1. The van der Waals surface area contributed by atoms with Crippen molar-refractivity contribution >= 4 is 16.6 Å². The molecule has 0 saturated carbocycles. The molecule has 166 valence electrons. The van der Waals surface area contributed by atoms with Crippen molar-refractivity contribution in [1.82, 2.24) is 29.5 Å². The number of pyridine rings is 1. The average molecular weight is 442 g/mol. The highest BCUT2D eigenvalue weighted by Crippen LogP contribution is 2.39. The van der Waals surface area contributed by atoms with E-state index in [4.69, 9.17) is 15.7 Å². The molecule has 0 radical (unpaired) electrons. The molecule has 0 saturated heterocycles. The summed E-state index contributed by atoms with van der Waals surface area (Å²) >= 11 is 0. The fraction of sp³-hybridized carbons (Fsp3) is 0.280. The van der Waals surface area contributed by atoms with Crippen LogP contribution in [-0.4, -0.2) is 35.6 Å². The van der Waals surface area contributed by atoms with Crippen molar-refractivity contribution in [2.24, 2.45) is 5.73 Å². The second kappa shape index (κ2) is 7.45. The third-order valence-electron chi connectivity index (χ3n) is 6.52. The highest BCUT2D eigenvalue weighted by Gasteiger charge is 2.33. The van der Waals surface area contributed by atoms with Gasteiger partial charge in [-0.3, -0.25) is 4.98 Å². The molecule has 2 atom stereocenters. The maximum Gasteiger partial charge on any atom is 0.165 e. The minimum atomic E-state index is -0.423. The number of nitrogens with one attached hydrogen (secondary N) is 1. The molecule has 1 aliphatic carbocycles. The molecule has 0 bridgehead atoms. The van der Waals surface area contributed by atoms with Gasteiger partial charge in [0.15, 0.2) is 11.5 Å². The minimum absolute atomic E-state index is 0.00820. The Morgan fingerprint density at radius 2 is 2.00 bits per heavy atom. The molecule has 4 heterocycles. The van der Waals surface area contributed by atoms with Crippen LogP contribution in [0.4, 0.5) is 4.39 Å². The standard InChI is InChI=1S/C25H24FN7/c1-13(2)20-12-29-33-24(31-23(32-25(20)33)14-7-15(26)11-28-10-14)19-9-16(27)8-18-17-5-3-4-6-21(17)30-22(18)19/h3-7,10-13,16,19,30H,8-9,27H2,1-2H3. The molecule has 1 aromatic carbocycles. The molecule has 2 unspecified atom stereocenters. The Bertz CT molecular complexity index is 1500. The van der Waals surface area contributed by atoms with Crippen LogP contribution >= 0.6 is 0 Å². The summed E-state index contributed by atoms with van der Waals surface area (Å²) in [6.07, 6.45) is 6.15. The predicted molar refractivity (Wildman–Crippen MR) is 124 cm³/mol. The van der Waals surface area contributed by atoms with Crippen LogP contribution in [-0.2, 0) is 6.42 Å². The predicted octanol–water partition coefficient (Wildman–Crippen LogP) is 4.34. The Hall–Kier alpha value is -3.65. The summed E-state index contributed by atoms with van der Waals surface area (Å²) < 4.78 is 15.8. The maximum absolute atomic E-state index is 14.0. The fourth-order valence-electron chi connectivity index (χ4n) is 4.95. The quantitative estimate of drug-likeness (QED) is 0.434. The average Bonchev–Trinajstić information content (AvgIpc) is 3.40. The lowest BCUT2D eigenvalue weighted by Crippen LogP contribution is -2.32. The van der Waals surface area contributed by atoms with Crippen LogP contribution in [0.25, 0.3) is 27.9 Å². The zero-order valence-electron chi connectivity index (χ0n) is 18.5. The van der Waals surface area contributed by atoms with E-state index in [1.165, 1.54) is 23.2 Å². The summed E-state index contributed by atoms with van der Waals surface area (Å²) in [6, 6.07) is 9.69. The first kappa shape index (κ1) is 20.0. The Balaban J connectivity index is 1.63. The highest BCUT2D eigenvalue weighted by molar-refractivity contribution is 5.85. The lowest BCUT2D eigenvalue weighted by atomic mass is 9.83. The van der Waals surface area contributed by atoms with Gasteiger partial charge in [0.05, 0.1) is 18.3 Å². The molecule has 1 aliphatic rings. The first-order chi connectivity index (χ1) is 16.0. The summed E-state index contributed by atoms with van der Waals surface area (Å²) in [4.78, 5) is 17.3. The van der Waals surface area contributed by atoms with Crippen molar-refractivity contribution in [3.63, 3.8) is 0 Å². The molecule has 0 amide bonds. The monoisotopic (exact) mass is 441 g/mol. The van der Waals surface area contributed by atoms with Gasteiger partial charge in [-0.25, -0.2) is 14.4 Å². The molecule has 4 aromatic heterocycles. The van der Waals surface area contributed by atoms with E-state index >= 15 is 0 Å². The minimum Gasteiger partial charge on any atom is -0.358 e. The zero-order chi connectivity index (χ0) is 22.7. The van der Waals surface area contributed by atoms with E-state index < -0.39 is 5.82 Å². The van der Waals surface area contributed by atoms with E-state index in [0.717, 1.165) is 41.1 Å². The molecule has 3 N–H and O–H groups in total. The zero-order valence-corrected chi connectivity index (χ0v) is 18.5. The Morgan fingerprint density at radius 3 is 2.82 bits per heavy atom. The van der Waals surface area contributed by atoms with E-state index in [1.807, 2.05) is 22.8 Å². The summed E-state index contributed by atoms with van der Waals surface area (Å²) in [7, 11) is 0. The smallest absolute Gasteiger partial charge is 0.165 e. The van der Waals surface area contributed by atoms with E-state index in [1.54, 1.807) is 6.20 Å². The molecule has 0 fully saturated rings. The number of hydrogen-bond acceptors (Lipinski definition) is 5. The Kier molecular flexibility index (Phi) is 4.51. The van der Waals surface area contributed by atoms with Gasteiger partial charge >= 0.3 is 0 Å². The Labute approximate surface area is 189 Å². The van der Waals surface area contributed by atoms with Gasteiger partial charge < -0.3 is 10.7 Å². The molecule has 8 heteroatoms. The molecular weight excluding hydrogens is 417 g/mol. The van der Waals surface area contributed by atoms with Gasteiger partial charge in [-0.15, -0.1) is 0 Å². The van der Waals surface area contributed by atoms with E-state index in [-0.39, 0.29) is 17.9 Å². The summed E-state index contributed by atoms with van der Waals surface area (Å²) in [5, 5.41) is 5.86. The number of benzene rings is 1. The normalized spacial score (nSPS) is 18.3. The summed E-state index contributed by atoms with van der Waals surface area (Å²) in [6.45, 7) is 4.21. The van der Waals surface area contributed by atoms with E-state index in [2.05, 4.69) is 41.0 Å². The van der Waals surface area contributed by atoms with Gasteiger partial charge in [-0.05, 0) is 36.5 Å². The SMILES string of the molecule is CC(C)c1cnn2c(C3CC(N)Cc4c3[nH]c3ccccc43)nc(-c3cncc(F)c3)nc12. The third kappa shape index (κ3) is 3.21. The van der Waals surface area contributed by atoms with Crippen molar-refractivity contribution in [3.8, 4) is 11.4 Å². The van der Waals surface area contributed by atoms with Crippen LogP contribution in [0.5, 0.6) is 0 Å². The van der Waals surface area contributed by atoms with E-state index in [0.29, 0.717) is 11.4 Å². The number of aromatic nitrogens is 6. The number of fused-ring (bicyclic) bond motifs is 4. The largest absolute Gasteiger partial charge is 0.358 e. The number of nitrogens with zero attached hydrogens (tertiary/aromatic N) is 5. The van der Waals surface area contributed by atoms with Gasteiger partial charge in [0.1, 0.15) is 11.6 Å². The maximum atomic E-state index is 14.0. The first-order valence-corrected chi connectivity index (χ1v) is 11.2. The number of rotatable bonds is 3. The van der Waals surface area contributed by atoms with E-state index in [9.17, 15) is 4.39 Å². The molecule has 33 heavy (non-hydrogen) atoms. The lowest BCUT2D eigenvalue weighted by Gasteiger charge is -2.27. The van der Waals surface area contributed by atoms with Crippen molar-refractivity contribution in [2.75, 3.05) is 0 Å². The number of nitrogens with two attached hydrogens (primary N) is 1. The topological polar surface area (TPSA) is 97.8 Å². The van der Waals surface area contributed by atoms with Gasteiger partial charge in [0.2, 0.25) is 0 Å². The van der Waals surface area contributed by atoms with Gasteiger partial charge in [-0.1, -0.05) is 32.0 Å². The highest BCUT2D eigenvalue weighted by atomic mass is 19.1. The molecule has 7 nitrogen and oxygen atoms in total. The van der Waals surface area contributed by atoms with Gasteiger partial charge in [0, 0.05) is 40.0 Å². The molecule has 5 aromatic rings. The summed E-state index contributed by atoms with van der Waals surface area (Å²) in [5.74, 6) is 0.883. The third-order valence-corrected chi connectivity index (χ3v) is 6.52. The number of aromatic amines is 1. The van der Waals surface area contributed by atoms with Crippen LogP contribution in [0.1, 0.15) is 54.7 Å². The molecule has 0 aliphatic heterocycles. The van der Waals surface area contributed by atoms with Crippen molar-refractivity contribution in [2.45, 2.75) is 44.6 Å². The fourth-order valence-corrected chi connectivity index (χ4v) is 4.95. The lowest BCUT2D eigenvalue weighted by molar-refractivity contribution is 0.502. The van der Waals surface area contributed by atoms with Crippen molar-refractivity contribution in [3.05, 3.63) is 77.4 Å². The number of para-hydroxylation sites is 1. The van der Waals surface area contributed by atoms with Crippen LogP contribution < -0.4 is 5.73 Å². The van der Waals surface area contributed by atoms with Crippen molar-refractivity contribution in [1.29, 1.82) is 0 Å². The molecular formula is C25H24FN7.